The molecule has 0 aliphatic heterocycles. The first kappa shape index (κ1) is 17.7. The molecular weight excluding hydrogens is 378 g/mol. The van der Waals surface area contributed by atoms with Crippen LogP contribution in [0.5, 0.6) is 0 Å². The predicted molar refractivity (Wildman–Crippen MR) is 108 cm³/mol. The largest absolute Gasteiger partial charge is 0.420 e. The van der Waals surface area contributed by atoms with E-state index in [-0.39, 0.29) is 0 Å². The maximum Gasteiger partial charge on any atom is 0.247 e. The number of nitrogens with zero attached hydrogens (tertiary/aromatic N) is 4. The summed E-state index contributed by atoms with van der Waals surface area (Å²) in [5.41, 5.74) is 4.41. The van der Waals surface area contributed by atoms with E-state index in [9.17, 15) is 0 Å². The lowest BCUT2D eigenvalue weighted by atomic mass is 10.1. The molecule has 0 saturated carbocycles. The molecule has 0 amide bonds. The Hall–Kier alpha value is -2.71. The van der Waals surface area contributed by atoms with Crippen LogP contribution in [-0.2, 0) is 5.75 Å². The van der Waals surface area contributed by atoms with Crippen LogP contribution in [0.25, 0.3) is 11.5 Å². The summed E-state index contributed by atoms with van der Waals surface area (Å²) in [6.07, 6.45) is 0. The van der Waals surface area contributed by atoms with E-state index in [1.54, 1.807) is 0 Å². The topological polar surface area (TPSA) is 76.7 Å². The minimum Gasteiger partial charge on any atom is -0.420 e. The second-order valence-corrected chi connectivity index (χ2v) is 8.10. The molecule has 0 fully saturated rings. The van der Waals surface area contributed by atoms with Crippen molar-refractivity contribution in [2.75, 3.05) is 5.32 Å². The van der Waals surface area contributed by atoms with Crippen LogP contribution in [0.4, 0.5) is 10.8 Å². The number of aryl methyl sites for hydroxylation is 1. The van der Waals surface area contributed by atoms with Gasteiger partial charge in [0.25, 0.3) is 0 Å². The molecule has 27 heavy (non-hydrogen) atoms. The van der Waals surface area contributed by atoms with Gasteiger partial charge in [0.1, 0.15) is 0 Å². The summed E-state index contributed by atoms with van der Waals surface area (Å²) in [6, 6.07) is 15.9. The summed E-state index contributed by atoms with van der Waals surface area (Å²) < 4.78 is 6.57. The van der Waals surface area contributed by atoms with Crippen LogP contribution in [0.3, 0.4) is 0 Å². The Kier molecular flexibility index (Phi) is 5.17. The molecule has 0 atom stereocenters. The number of thioether (sulfide) groups is 1. The second kappa shape index (κ2) is 7.89. The molecule has 1 N–H and O–H groups in total. The van der Waals surface area contributed by atoms with Crippen molar-refractivity contribution in [2.45, 2.75) is 23.9 Å². The fraction of sp³-hybridized carbons (Fsp3) is 0.158. The van der Waals surface area contributed by atoms with Crippen molar-refractivity contribution in [1.29, 1.82) is 0 Å². The van der Waals surface area contributed by atoms with E-state index >= 15 is 0 Å². The highest BCUT2D eigenvalue weighted by molar-refractivity contribution is 8.00. The highest BCUT2D eigenvalue weighted by Crippen LogP contribution is 2.31. The molecule has 2 aromatic carbocycles. The van der Waals surface area contributed by atoms with E-state index in [2.05, 4.69) is 45.6 Å². The Labute approximate surface area is 165 Å². The van der Waals surface area contributed by atoms with Gasteiger partial charge < -0.3 is 9.73 Å². The molecule has 2 heterocycles. The number of nitrogens with one attached hydrogen (secondary N) is 1. The summed E-state index contributed by atoms with van der Waals surface area (Å²) in [7, 11) is 0. The number of aromatic nitrogens is 4. The lowest BCUT2D eigenvalue weighted by Crippen LogP contribution is -1.94. The van der Waals surface area contributed by atoms with Crippen molar-refractivity contribution < 1.29 is 4.42 Å². The van der Waals surface area contributed by atoms with Crippen molar-refractivity contribution in [3.05, 3.63) is 65.5 Å². The maximum atomic E-state index is 5.72. The SMILES string of the molecule is Cc1cccc(Nc2nnc(SCc3nnc(-c4ccccc4)o3)s2)c1C. The number of anilines is 2. The van der Waals surface area contributed by atoms with Gasteiger partial charge in [-0.15, -0.1) is 20.4 Å². The van der Waals surface area contributed by atoms with Gasteiger partial charge in [0.05, 0.1) is 5.75 Å². The highest BCUT2D eigenvalue weighted by Gasteiger charge is 2.11. The molecule has 4 aromatic rings. The minimum absolute atomic E-state index is 0.528. The second-order valence-electron chi connectivity index (χ2n) is 5.90. The van der Waals surface area contributed by atoms with Crippen molar-refractivity contribution in [1.82, 2.24) is 20.4 Å². The van der Waals surface area contributed by atoms with E-state index in [0.717, 1.165) is 20.7 Å². The van der Waals surface area contributed by atoms with Gasteiger partial charge in [0, 0.05) is 11.3 Å². The van der Waals surface area contributed by atoms with Crippen molar-refractivity contribution in [2.24, 2.45) is 0 Å². The summed E-state index contributed by atoms with van der Waals surface area (Å²) in [5, 5.41) is 20.8. The normalized spacial score (nSPS) is 10.9. The van der Waals surface area contributed by atoms with Crippen LogP contribution in [0.1, 0.15) is 17.0 Å². The van der Waals surface area contributed by atoms with E-state index in [0.29, 0.717) is 17.5 Å². The lowest BCUT2D eigenvalue weighted by molar-refractivity contribution is 0.528. The number of hydrogen-bond acceptors (Lipinski definition) is 8. The third kappa shape index (κ3) is 4.17. The maximum absolute atomic E-state index is 5.72. The summed E-state index contributed by atoms with van der Waals surface area (Å²) in [6.45, 7) is 4.18. The van der Waals surface area contributed by atoms with Crippen LogP contribution in [-0.4, -0.2) is 20.4 Å². The predicted octanol–water partition coefficient (Wildman–Crippen LogP) is 5.24. The van der Waals surface area contributed by atoms with Gasteiger partial charge in [-0.05, 0) is 43.2 Å². The zero-order valence-electron chi connectivity index (χ0n) is 14.8. The van der Waals surface area contributed by atoms with Gasteiger partial charge >= 0.3 is 0 Å². The third-order valence-electron chi connectivity index (χ3n) is 4.06. The summed E-state index contributed by atoms with van der Waals surface area (Å²) >= 11 is 3.03. The number of hydrogen-bond donors (Lipinski definition) is 1. The van der Waals surface area contributed by atoms with E-state index < -0.39 is 0 Å². The minimum atomic E-state index is 0.528. The van der Waals surface area contributed by atoms with E-state index in [4.69, 9.17) is 4.42 Å². The van der Waals surface area contributed by atoms with Gasteiger partial charge in [-0.3, -0.25) is 0 Å². The highest BCUT2D eigenvalue weighted by atomic mass is 32.2. The van der Waals surface area contributed by atoms with Crippen LogP contribution in [0, 0.1) is 13.8 Å². The fourth-order valence-corrected chi connectivity index (χ4v) is 4.05. The molecule has 0 radical (unpaired) electrons. The Morgan fingerprint density at radius 3 is 2.67 bits per heavy atom. The van der Waals surface area contributed by atoms with Crippen molar-refractivity contribution in [3.63, 3.8) is 0 Å². The van der Waals surface area contributed by atoms with Crippen LogP contribution in [0.15, 0.2) is 57.3 Å². The Morgan fingerprint density at radius 2 is 1.81 bits per heavy atom. The molecule has 0 aliphatic rings. The zero-order chi connectivity index (χ0) is 18.6. The Morgan fingerprint density at radius 1 is 0.963 bits per heavy atom. The first-order chi connectivity index (χ1) is 13.2. The smallest absolute Gasteiger partial charge is 0.247 e. The quantitative estimate of drug-likeness (QED) is 0.447. The van der Waals surface area contributed by atoms with Crippen molar-refractivity contribution in [3.8, 4) is 11.5 Å². The van der Waals surface area contributed by atoms with Gasteiger partial charge in [-0.1, -0.05) is 53.4 Å². The standard InChI is InChI=1S/C19H17N5OS2/c1-12-7-6-10-15(13(12)2)20-18-23-24-19(27-18)26-11-16-21-22-17(25-16)14-8-4-3-5-9-14/h3-10H,11H2,1-2H3,(H,20,23). The molecule has 8 heteroatoms. The van der Waals surface area contributed by atoms with Gasteiger partial charge in [0.15, 0.2) is 4.34 Å². The van der Waals surface area contributed by atoms with E-state index in [1.807, 2.05) is 42.5 Å². The molecular formula is C19H17N5OS2. The van der Waals surface area contributed by atoms with Gasteiger partial charge in [-0.2, -0.15) is 0 Å². The van der Waals surface area contributed by atoms with Crippen LogP contribution in [0.2, 0.25) is 0 Å². The third-order valence-corrected chi connectivity index (χ3v) is 6.02. The number of rotatable bonds is 6. The Bertz CT molecular complexity index is 1050. The molecule has 6 nitrogen and oxygen atoms in total. The first-order valence-electron chi connectivity index (χ1n) is 8.36. The summed E-state index contributed by atoms with van der Waals surface area (Å²) in [4.78, 5) is 0. The molecule has 0 unspecified atom stereocenters. The molecule has 2 aromatic heterocycles. The fourth-order valence-electron chi connectivity index (χ4n) is 2.45. The van der Waals surface area contributed by atoms with Crippen LogP contribution < -0.4 is 5.32 Å². The summed E-state index contributed by atoms with van der Waals surface area (Å²) in [5.74, 6) is 1.65. The van der Waals surface area contributed by atoms with E-state index in [1.165, 1.54) is 34.2 Å². The molecule has 4 rings (SSSR count). The van der Waals surface area contributed by atoms with Gasteiger partial charge in [0.2, 0.25) is 16.9 Å². The molecule has 0 saturated heterocycles. The lowest BCUT2D eigenvalue weighted by Gasteiger charge is -2.08. The van der Waals surface area contributed by atoms with Crippen LogP contribution >= 0.6 is 23.1 Å². The van der Waals surface area contributed by atoms with Crippen molar-refractivity contribution >= 4 is 33.9 Å². The molecule has 0 spiro atoms. The zero-order valence-corrected chi connectivity index (χ0v) is 16.5. The number of benzene rings is 2. The molecule has 0 bridgehead atoms. The Balaban J connectivity index is 1.39. The molecule has 0 aliphatic carbocycles. The monoisotopic (exact) mass is 395 g/mol. The first-order valence-corrected chi connectivity index (χ1v) is 10.2. The average molecular weight is 396 g/mol. The van der Waals surface area contributed by atoms with Gasteiger partial charge in [-0.25, -0.2) is 0 Å². The molecule has 136 valence electrons. The average Bonchev–Trinajstić information content (AvgIpc) is 3.34.